The van der Waals surface area contributed by atoms with Crippen molar-refractivity contribution < 1.29 is 0 Å². The molecule has 5 aromatic carbocycles. The van der Waals surface area contributed by atoms with Crippen LogP contribution in [0.3, 0.4) is 0 Å². The zero-order valence-electron chi connectivity index (χ0n) is 20.7. The Hall–Kier alpha value is -3.73. The predicted octanol–water partition coefficient (Wildman–Crippen LogP) is 7.75. The minimum absolute atomic E-state index is 0.206. The molecule has 5 aromatic rings. The van der Waals surface area contributed by atoms with Gasteiger partial charge in [0, 0.05) is 5.92 Å². The van der Waals surface area contributed by atoms with Crippen molar-refractivity contribution in [1.82, 2.24) is 0 Å². The van der Waals surface area contributed by atoms with Crippen LogP contribution in [0, 0.1) is 13.8 Å². The molecule has 36 heavy (non-hydrogen) atoms. The van der Waals surface area contributed by atoms with E-state index >= 15 is 0 Å². The summed E-state index contributed by atoms with van der Waals surface area (Å²) in [7, 11) is -0.729. The van der Waals surface area contributed by atoms with Crippen LogP contribution in [0.2, 0.25) is 0 Å². The third-order valence-electron chi connectivity index (χ3n) is 7.24. The van der Waals surface area contributed by atoms with Gasteiger partial charge in [0.15, 0.2) is 0 Å². The smallest absolute Gasteiger partial charge is 0.0358 e. The molecule has 0 radical (unpaired) electrons. The quantitative estimate of drug-likeness (QED) is 0.226. The Bertz CT molecular complexity index is 1520. The summed E-state index contributed by atoms with van der Waals surface area (Å²) in [5, 5.41) is 4.32. The van der Waals surface area contributed by atoms with Crippen LogP contribution in [0.15, 0.2) is 127 Å². The second kappa shape index (κ2) is 9.73. The van der Waals surface area contributed by atoms with Crippen molar-refractivity contribution in [2.45, 2.75) is 19.8 Å². The van der Waals surface area contributed by atoms with Crippen molar-refractivity contribution in [3.05, 3.63) is 161 Å². The van der Waals surface area contributed by atoms with Crippen LogP contribution < -0.4 is 15.9 Å². The Balaban J connectivity index is 1.61. The molecule has 0 nitrogen and oxygen atoms in total. The highest BCUT2D eigenvalue weighted by Gasteiger charge is 2.32. The summed E-state index contributed by atoms with van der Waals surface area (Å²) in [6.07, 6.45) is 2.40. The van der Waals surface area contributed by atoms with Gasteiger partial charge < -0.3 is 0 Å². The average molecular weight is 481 g/mol. The third-order valence-corrected chi connectivity index (χ3v) is 10.1. The van der Waals surface area contributed by atoms with Gasteiger partial charge in [-0.3, -0.25) is 0 Å². The normalized spacial score (nSPS) is 14.5. The van der Waals surface area contributed by atoms with Gasteiger partial charge in [0.2, 0.25) is 0 Å². The maximum atomic E-state index is 2.40. The predicted molar refractivity (Wildman–Crippen MR) is 157 cm³/mol. The monoisotopic (exact) mass is 480 g/mol. The van der Waals surface area contributed by atoms with Crippen molar-refractivity contribution in [2.24, 2.45) is 0 Å². The van der Waals surface area contributed by atoms with Crippen LogP contribution in [0.4, 0.5) is 0 Å². The molecule has 174 valence electrons. The first kappa shape index (κ1) is 22.7. The molecule has 0 bridgehead atoms. The van der Waals surface area contributed by atoms with E-state index in [9.17, 15) is 0 Å². The standard InChI is InChI=1S/C35H29P/c1-25-14-6-11-21-32(25)36(33-22-12-7-15-26(33)2)34-23-13-10-20-30(34)35-29-19-9-8-18-28(29)24-31(35)27-16-4-3-5-17-27/h3-24,35H,1-2H3. The number of hydrogen-bond donors (Lipinski definition) is 0. The van der Waals surface area contributed by atoms with Gasteiger partial charge in [0.05, 0.1) is 0 Å². The summed E-state index contributed by atoms with van der Waals surface area (Å²) >= 11 is 0. The maximum Gasteiger partial charge on any atom is 0.0358 e. The molecular weight excluding hydrogens is 451 g/mol. The van der Waals surface area contributed by atoms with Crippen molar-refractivity contribution in [2.75, 3.05) is 0 Å². The van der Waals surface area contributed by atoms with Crippen molar-refractivity contribution in [1.29, 1.82) is 0 Å². The van der Waals surface area contributed by atoms with Crippen LogP contribution in [0.5, 0.6) is 0 Å². The maximum absolute atomic E-state index is 2.40. The highest BCUT2D eigenvalue weighted by atomic mass is 31.1. The second-order valence-electron chi connectivity index (χ2n) is 9.49. The highest BCUT2D eigenvalue weighted by Crippen LogP contribution is 2.48. The zero-order chi connectivity index (χ0) is 24.5. The molecule has 1 aliphatic rings. The van der Waals surface area contributed by atoms with Crippen LogP contribution in [-0.4, -0.2) is 0 Å². The Morgan fingerprint density at radius 2 is 0.972 bits per heavy atom. The first-order valence-corrected chi connectivity index (χ1v) is 13.9. The van der Waals surface area contributed by atoms with Gasteiger partial charge in [0.1, 0.15) is 0 Å². The Morgan fingerprint density at radius 1 is 0.472 bits per heavy atom. The van der Waals surface area contributed by atoms with Gasteiger partial charge in [-0.05, 0) is 82.7 Å². The molecule has 1 atom stereocenters. The average Bonchev–Trinajstić information content (AvgIpc) is 3.31. The molecule has 1 heteroatoms. The van der Waals surface area contributed by atoms with E-state index in [-0.39, 0.29) is 5.92 Å². The summed E-state index contributed by atoms with van der Waals surface area (Å²) in [6, 6.07) is 46.8. The van der Waals surface area contributed by atoms with E-state index in [0.717, 1.165) is 0 Å². The largest absolute Gasteiger partial charge is 0.0622 e. The first-order chi connectivity index (χ1) is 17.7. The van der Waals surface area contributed by atoms with E-state index in [1.54, 1.807) is 0 Å². The van der Waals surface area contributed by atoms with E-state index in [4.69, 9.17) is 0 Å². The fourth-order valence-corrected chi connectivity index (χ4v) is 8.29. The molecule has 0 N–H and O–H groups in total. The van der Waals surface area contributed by atoms with E-state index in [0.29, 0.717) is 0 Å². The Labute approximate surface area is 215 Å². The van der Waals surface area contributed by atoms with E-state index in [1.165, 1.54) is 54.9 Å². The van der Waals surface area contributed by atoms with Gasteiger partial charge in [0.25, 0.3) is 0 Å². The molecule has 0 saturated heterocycles. The van der Waals surface area contributed by atoms with Gasteiger partial charge in [-0.1, -0.05) is 127 Å². The van der Waals surface area contributed by atoms with Gasteiger partial charge in [-0.2, -0.15) is 0 Å². The fourth-order valence-electron chi connectivity index (χ4n) is 5.49. The lowest BCUT2D eigenvalue weighted by atomic mass is 9.85. The summed E-state index contributed by atoms with van der Waals surface area (Å²) < 4.78 is 0. The summed E-state index contributed by atoms with van der Waals surface area (Å²) in [6.45, 7) is 4.51. The van der Waals surface area contributed by atoms with Crippen LogP contribution in [0.1, 0.15) is 39.3 Å². The number of benzene rings is 5. The lowest BCUT2D eigenvalue weighted by Gasteiger charge is -2.28. The molecule has 0 aliphatic heterocycles. The van der Waals surface area contributed by atoms with Crippen molar-refractivity contribution in [3.63, 3.8) is 0 Å². The topological polar surface area (TPSA) is 0 Å². The SMILES string of the molecule is Cc1ccccc1P(c1ccccc1C)c1ccccc1C1C(c2ccccc2)=Cc2ccccc21. The minimum atomic E-state index is -0.729. The molecule has 0 heterocycles. The molecular formula is C35H29P. The summed E-state index contributed by atoms with van der Waals surface area (Å²) in [4.78, 5) is 0. The lowest BCUT2D eigenvalue weighted by Crippen LogP contribution is -2.27. The fraction of sp³-hybridized carbons (Fsp3) is 0.0857. The second-order valence-corrected chi connectivity index (χ2v) is 11.6. The zero-order valence-corrected chi connectivity index (χ0v) is 21.6. The number of fused-ring (bicyclic) bond motifs is 1. The molecule has 0 saturated carbocycles. The first-order valence-electron chi connectivity index (χ1n) is 12.6. The van der Waals surface area contributed by atoms with Gasteiger partial charge in [-0.25, -0.2) is 0 Å². The lowest BCUT2D eigenvalue weighted by molar-refractivity contribution is 1.08. The molecule has 6 rings (SSSR count). The number of hydrogen-bond acceptors (Lipinski definition) is 0. The Morgan fingerprint density at radius 3 is 1.61 bits per heavy atom. The molecule has 0 fully saturated rings. The molecule has 1 unspecified atom stereocenters. The van der Waals surface area contributed by atoms with Crippen molar-refractivity contribution in [3.8, 4) is 0 Å². The van der Waals surface area contributed by atoms with Crippen LogP contribution in [-0.2, 0) is 0 Å². The van der Waals surface area contributed by atoms with Gasteiger partial charge >= 0.3 is 0 Å². The molecule has 0 aromatic heterocycles. The molecule has 0 spiro atoms. The van der Waals surface area contributed by atoms with E-state index in [2.05, 4.69) is 147 Å². The summed E-state index contributed by atoms with van der Waals surface area (Å²) in [5.41, 5.74) is 9.52. The Kier molecular flexibility index (Phi) is 6.14. The van der Waals surface area contributed by atoms with Crippen molar-refractivity contribution >= 4 is 35.5 Å². The minimum Gasteiger partial charge on any atom is -0.0622 e. The van der Waals surface area contributed by atoms with Crippen LogP contribution >= 0.6 is 7.92 Å². The number of allylic oxidation sites excluding steroid dienone is 1. The van der Waals surface area contributed by atoms with E-state index < -0.39 is 7.92 Å². The molecule has 1 aliphatic carbocycles. The van der Waals surface area contributed by atoms with Crippen LogP contribution in [0.25, 0.3) is 11.6 Å². The molecule has 0 amide bonds. The summed E-state index contributed by atoms with van der Waals surface area (Å²) in [5.74, 6) is 0.206. The third kappa shape index (κ3) is 4.02. The van der Waals surface area contributed by atoms with E-state index in [1.807, 2.05) is 0 Å². The highest BCUT2D eigenvalue weighted by molar-refractivity contribution is 7.80. The number of rotatable bonds is 5. The van der Waals surface area contributed by atoms with Gasteiger partial charge in [-0.15, -0.1) is 0 Å². The number of aryl methyl sites for hydroxylation is 2.